The average molecular weight is 194 g/mol. The van der Waals surface area contributed by atoms with Gasteiger partial charge in [0.1, 0.15) is 0 Å². The van der Waals surface area contributed by atoms with E-state index in [1.54, 1.807) is 0 Å². The van der Waals surface area contributed by atoms with Crippen LogP contribution in [0, 0.1) is 5.92 Å². The molecular formula is C12H22N2. The van der Waals surface area contributed by atoms with Crippen LogP contribution in [-0.2, 0) is 0 Å². The Bertz CT molecular complexity index is 218. The maximum Gasteiger partial charge on any atom is 0.0223 e. The molecule has 0 radical (unpaired) electrons. The molecule has 2 aliphatic carbocycles. The molecule has 0 amide bonds. The SMILES string of the molecule is CC1(N2CCNC(C3CC3)C2)CCC1. The quantitative estimate of drug-likeness (QED) is 0.718. The van der Waals surface area contributed by atoms with E-state index in [0.717, 1.165) is 12.0 Å². The zero-order chi connectivity index (χ0) is 9.60. The van der Waals surface area contributed by atoms with Gasteiger partial charge in [-0.25, -0.2) is 0 Å². The van der Waals surface area contributed by atoms with E-state index in [4.69, 9.17) is 0 Å². The monoisotopic (exact) mass is 194 g/mol. The first kappa shape index (κ1) is 9.17. The Hall–Kier alpha value is -0.0800. The number of hydrogen-bond acceptors (Lipinski definition) is 2. The van der Waals surface area contributed by atoms with Gasteiger partial charge in [0.05, 0.1) is 0 Å². The summed E-state index contributed by atoms with van der Waals surface area (Å²) in [7, 11) is 0. The Kier molecular flexibility index (Phi) is 2.10. The van der Waals surface area contributed by atoms with Crippen molar-refractivity contribution < 1.29 is 0 Å². The topological polar surface area (TPSA) is 15.3 Å². The second-order valence-corrected chi connectivity index (χ2v) is 5.69. The second-order valence-electron chi connectivity index (χ2n) is 5.69. The Balaban J connectivity index is 1.62. The van der Waals surface area contributed by atoms with Crippen LogP contribution in [0.4, 0.5) is 0 Å². The van der Waals surface area contributed by atoms with Crippen LogP contribution in [0.2, 0.25) is 0 Å². The van der Waals surface area contributed by atoms with Crippen LogP contribution >= 0.6 is 0 Å². The summed E-state index contributed by atoms with van der Waals surface area (Å²) >= 11 is 0. The minimum atomic E-state index is 0.579. The Morgan fingerprint density at radius 2 is 2.07 bits per heavy atom. The molecule has 1 N–H and O–H groups in total. The average Bonchev–Trinajstić information content (AvgIpc) is 2.98. The number of nitrogens with one attached hydrogen (secondary N) is 1. The predicted octanol–water partition coefficient (Wildman–Crippen LogP) is 1.61. The summed E-state index contributed by atoms with van der Waals surface area (Å²) in [6.45, 7) is 6.28. The molecule has 0 aromatic carbocycles. The maximum atomic E-state index is 3.69. The lowest BCUT2D eigenvalue weighted by Gasteiger charge is -2.51. The van der Waals surface area contributed by atoms with Crippen molar-refractivity contribution >= 4 is 0 Å². The van der Waals surface area contributed by atoms with Gasteiger partial charge >= 0.3 is 0 Å². The molecule has 1 atom stereocenters. The van der Waals surface area contributed by atoms with E-state index >= 15 is 0 Å². The molecule has 14 heavy (non-hydrogen) atoms. The molecule has 2 nitrogen and oxygen atoms in total. The smallest absolute Gasteiger partial charge is 0.0223 e. The highest BCUT2D eigenvalue weighted by Gasteiger charge is 2.42. The van der Waals surface area contributed by atoms with Crippen molar-refractivity contribution in [2.75, 3.05) is 19.6 Å². The van der Waals surface area contributed by atoms with Crippen LogP contribution in [-0.4, -0.2) is 36.1 Å². The summed E-state index contributed by atoms with van der Waals surface area (Å²) in [6.07, 6.45) is 7.27. The molecule has 3 rings (SSSR count). The highest BCUT2D eigenvalue weighted by atomic mass is 15.3. The third-order valence-corrected chi connectivity index (χ3v) is 4.59. The van der Waals surface area contributed by atoms with E-state index in [9.17, 15) is 0 Å². The van der Waals surface area contributed by atoms with Gasteiger partial charge in [-0.2, -0.15) is 0 Å². The van der Waals surface area contributed by atoms with Crippen molar-refractivity contribution in [3.8, 4) is 0 Å². The summed E-state index contributed by atoms with van der Waals surface area (Å²) in [5, 5.41) is 3.69. The van der Waals surface area contributed by atoms with Crippen LogP contribution in [0.3, 0.4) is 0 Å². The maximum absolute atomic E-state index is 3.69. The molecule has 1 unspecified atom stereocenters. The van der Waals surface area contributed by atoms with Crippen LogP contribution < -0.4 is 5.32 Å². The van der Waals surface area contributed by atoms with Crippen molar-refractivity contribution in [3.63, 3.8) is 0 Å². The van der Waals surface area contributed by atoms with Crippen molar-refractivity contribution in [2.45, 2.75) is 50.6 Å². The molecule has 1 aliphatic heterocycles. The van der Waals surface area contributed by atoms with Gasteiger partial charge in [0.2, 0.25) is 0 Å². The number of piperazine rings is 1. The summed E-state index contributed by atoms with van der Waals surface area (Å²) in [6, 6.07) is 0.821. The molecule has 3 aliphatic rings. The molecule has 0 aromatic rings. The second kappa shape index (κ2) is 3.21. The van der Waals surface area contributed by atoms with Gasteiger partial charge in [-0.1, -0.05) is 0 Å². The van der Waals surface area contributed by atoms with E-state index in [1.165, 1.54) is 51.7 Å². The Morgan fingerprint density at radius 3 is 2.64 bits per heavy atom. The van der Waals surface area contributed by atoms with Gasteiger partial charge in [0.25, 0.3) is 0 Å². The summed E-state index contributed by atoms with van der Waals surface area (Å²) in [5.74, 6) is 1.02. The van der Waals surface area contributed by atoms with Crippen LogP contribution in [0.1, 0.15) is 39.0 Å². The first-order chi connectivity index (χ1) is 6.78. The van der Waals surface area contributed by atoms with E-state index < -0.39 is 0 Å². The van der Waals surface area contributed by atoms with Crippen LogP contribution in [0.25, 0.3) is 0 Å². The lowest BCUT2D eigenvalue weighted by atomic mass is 9.76. The molecule has 2 saturated carbocycles. The third-order valence-electron chi connectivity index (χ3n) is 4.59. The van der Waals surface area contributed by atoms with Crippen LogP contribution in [0.15, 0.2) is 0 Å². The molecule has 0 aromatic heterocycles. The summed E-state index contributed by atoms with van der Waals surface area (Å²) < 4.78 is 0. The molecule has 1 saturated heterocycles. The Labute approximate surface area is 87.0 Å². The fraction of sp³-hybridized carbons (Fsp3) is 1.00. The van der Waals surface area contributed by atoms with Gasteiger partial charge in [-0.15, -0.1) is 0 Å². The fourth-order valence-electron chi connectivity index (χ4n) is 3.09. The predicted molar refractivity (Wildman–Crippen MR) is 58.3 cm³/mol. The molecule has 3 fully saturated rings. The molecule has 80 valence electrons. The van der Waals surface area contributed by atoms with Crippen LogP contribution in [0.5, 0.6) is 0 Å². The fourth-order valence-corrected chi connectivity index (χ4v) is 3.09. The highest BCUT2D eigenvalue weighted by molar-refractivity contribution is 4.99. The van der Waals surface area contributed by atoms with E-state index in [0.29, 0.717) is 5.54 Å². The minimum absolute atomic E-state index is 0.579. The lowest BCUT2D eigenvalue weighted by molar-refractivity contribution is 0.00736. The minimum Gasteiger partial charge on any atom is -0.311 e. The van der Waals surface area contributed by atoms with Crippen molar-refractivity contribution in [1.82, 2.24) is 10.2 Å². The van der Waals surface area contributed by atoms with Crippen molar-refractivity contribution in [2.24, 2.45) is 5.92 Å². The van der Waals surface area contributed by atoms with Gasteiger partial charge in [0.15, 0.2) is 0 Å². The Morgan fingerprint density at radius 1 is 1.29 bits per heavy atom. The van der Waals surface area contributed by atoms with Gasteiger partial charge in [-0.3, -0.25) is 4.90 Å². The van der Waals surface area contributed by atoms with Gasteiger partial charge in [0, 0.05) is 31.2 Å². The molecule has 0 spiro atoms. The number of nitrogens with zero attached hydrogens (tertiary/aromatic N) is 1. The molecule has 0 bridgehead atoms. The van der Waals surface area contributed by atoms with E-state index in [-0.39, 0.29) is 0 Å². The normalized spacial score (nSPS) is 37.9. The van der Waals surface area contributed by atoms with Crippen molar-refractivity contribution in [1.29, 1.82) is 0 Å². The van der Waals surface area contributed by atoms with E-state index in [2.05, 4.69) is 17.1 Å². The highest BCUT2D eigenvalue weighted by Crippen LogP contribution is 2.40. The lowest BCUT2D eigenvalue weighted by Crippen LogP contribution is -2.61. The summed E-state index contributed by atoms with van der Waals surface area (Å²) in [4.78, 5) is 2.76. The van der Waals surface area contributed by atoms with Gasteiger partial charge < -0.3 is 5.32 Å². The number of hydrogen-bond donors (Lipinski definition) is 1. The molecule has 1 heterocycles. The van der Waals surface area contributed by atoms with Crippen molar-refractivity contribution in [3.05, 3.63) is 0 Å². The molecule has 2 heteroatoms. The first-order valence-electron chi connectivity index (χ1n) is 6.26. The zero-order valence-corrected chi connectivity index (χ0v) is 9.26. The largest absolute Gasteiger partial charge is 0.311 e. The number of rotatable bonds is 2. The standard InChI is InChI=1S/C12H22N2/c1-12(5-2-6-12)14-8-7-13-11(9-14)10-3-4-10/h10-11,13H,2-9H2,1H3. The zero-order valence-electron chi connectivity index (χ0n) is 9.26. The third kappa shape index (κ3) is 1.49. The molecular weight excluding hydrogens is 172 g/mol. The summed E-state index contributed by atoms with van der Waals surface area (Å²) in [5.41, 5.74) is 0.579. The van der Waals surface area contributed by atoms with E-state index in [1.807, 2.05) is 0 Å². The van der Waals surface area contributed by atoms with Gasteiger partial charge in [-0.05, 0) is 44.9 Å². The first-order valence-corrected chi connectivity index (χ1v) is 6.26.